The number of rotatable bonds is 7. The zero-order chi connectivity index (χ0) is 20.1. The van der Waals surface area contributed by atoms with Gasteiger partial charge in [-0.15, -0.1) is 0 Å². The maximum Gasteiger partial charge on any atom is 0.292 e. The van der Waals surface area contributed by atoms with E-state index in [9.17, 15) is 4.79 Å². The molecule has 0 fully saturated rings. The number of benzene rings is 2. The quantitative estimate of drug-likeness (QED) is 0.467. The second-order valence-corrected chi connectivity index (χ2v) is 6.78. The number of ether oxygens (including phenoxy) is 1. The lowest BCUT2D eigenvalue weighted by atomic mass is 10.2. The van der Waals surface area contributed by atoms with Crippen molar-refractivity contribution in [3.63, 3.8) is 0 Å². The zero-order valence-electron chi connectivity index (χ0n) is 15.4. The minimum Gasteiger partial charge on any atom is -0.486 e. The number of aromatic nitrogens is 2. The minimum atomic E-state index is -0.368. The van der Waals surface area contributed by atoms with E-state index in [-0.39, 0.29) is 18.3 Å². The number of hydrogen-bond acceptors (Lipinski definition) is 4. The second-order valence-electron chi connectivity index (χ2n) is 6.35. The van der Waals surface area contributed by atoms with Gasteiger partial charge in [0, 0.05) is 17.3 Å². The molecule has 1 N–H and O–H groups in total. The maximum atomic E-state index is 12.4. The number of anilines is 1. The smallest absolute Gasteiger partial charge is 0.292 e. The van der Waals surface area contributed by atoms with Crippen molar-refractivity contribution in [3.05, 3.63) is 101 Å². The minimum absolute atomic E-state index is 0.192. The van der Waals surface area contributed by atoms with E-state index in [0.717, 1.165) is 5.56 Å². The van der Waals surface area contributed by atoms with Crippen LogP contribution >= 0.6 is 11.6 Å². The van der Waals surface area contributed by atoms with Crippen molar-refractivity contribution < 1.29 is 13.9 Å². The first-order valence-corrected chi connectivity index (χ1v) is 9.39. The van der Waals surface area contributed by atoms with E-state index in [4.69, 9.17) is 20.8 Å². The molecule has 6 nitrogen and oxygen atoms in total. The molecular weight excluding hydrogens is 390 g/mol. The van der Waals surface area contributed by atoms with E-state index in [1.165, 1.54) is 0 Å². The molecule has 4 aromatic rings. The fourth-order valence-electron chi connectivity index (χ4n) is 2.73. The van der Waals surface area contributed by atoms with Crippen LogP contribution in [0.1, 0.15) is 21.9 Å². The van der Waals surface area contributed by atoms with Crippen LogP contribution in [0.2, 0.25) is 5.02 Å². The largest absolute Gasteiger partial charge is 0.486 e. The Morgan fingerprint density at radius 1 is 1.03 bits per heavy atom. The Labute approximate surface area is 172 Å². The summed E-state index contributed by atoms with van der Waals surface area (Å²) in [5.74, 6) is 1.49. The average molecular weight is 408 g/mol. The van der Waals surface area contributed by atoms with E-state index < -0.39 is 0 Å². The number of halogens is 1. The Hall–Kier alpha value is -3.51. The molecule has 0 unspecified atom stereocenters. The van der Waals surface area contributed by atoms with Crippen LogP contribution < -0.4 is 10.1 Å². The molecule has 29 heavy (non-hydrogen) atoms. The number of amides is 1. The van der Waals surface area contributed by atoms with E-state index in [0.29, 0.717) is 28.9 Å². The number of carbonyl (C=O) groups excluding carboxylic acids is 1. The summed E-state index contributed by atoms with van der Waals surface area (Å²) in [7, 11) is 0. The third-order valence-corrected chi connectivity index (χ3v) is 4.40. The molecule has 0 spiro atoms. The maximum absolute atomic E-state index is 12.4. The van der Waals surface area contributed by atoms with Crippen molar-refractivity contribution in [2.24, 2.45) is 0 Å². The highest BCUT2D eigenvalue weighted by Crippen LogP contribution is 2.18. The fraction of sp³-hybridized carbons (Fsp3) is 0.0909. The summed E-state index contributed by atoms with van der Waals surface area (Å²) in [5.41, 5.74) is 1.13. The lowest BCUT2D eigenvalue weighted by Gasteiger charge is -2.04. The first kappa shape index (κ1) is 18.8. The molecule has 0 bridgehead atoms. The van der Waals surface area contributed by atoms with Crippen LogP contribution in [-0.2, 0) is 13.2 Å². The standard InChI is InChI=1S/C22H18ClN3O3/c23-17-6-8-18(9-7-17)28-15-19-10-11-20(29-19)22(27)24-21-12-13-26(25-21)14-16-4-2-1-3-5-16/h1-13H,14-15H2,(H,24,25,27). The Kier molecular flexibility index (Phi) is 5.63. The average Bonchev–Trinajstić information content (AvgIpc) is 3.38. The topological polar surface area (TPSA) is 69.3 Å². The summed E-state index contributed by atoms with van der Waals surface area (Å²) >= 11 is 5.85. The van der Waals surface area contributed by atoms with Gasteiger partial charge < -0.3 is 14.5 Å². The molecule has 0 saturated heterocycles. The molecule has 4 rings (SSSR count). The molecule has 0 aliphatic heterocycles. The van der Waals surface area contributed by atoms with Crippen molar-refractivity contribution in [1.82, 2.24) is 9.78 Å². The molecular formula is C22H18ClN3O3. The summed E-state index contributed by atoms with van der Waals surface area (Å²) in [4.78, 5) is 12.4. The van der Waals surface area contributed by atoms with Gasteiger partial charge in [0.05, 0.1) is 6.54 Å². The lowest BCUT2D eigenvalue weighted by molar-refractivity contribution is 0.0992. The monoisotopic (exact) mass is 407 g/mol. The molecule has 7 heteroatoms. The van der Waals surface area contributed by atoms with Gasteiger partial charge >= 0.3 is 0 Å². The normalized spacial score (nSPS) is 10.7. The van der Waals surface area contributed by atoms with Crippen LogP contribution in [0.3, 0.4) is 0 Å². The Balaban J connectivity index is 1.32. The molecule has 0 atom stereocenters. The highest BCUT2D eigenvalue weighted by atomic mass is 35.5. The molecule has 0 saturated carbocycles. The summed E-state index contributed by atoms with van der Waals surface area (Å²) in [6.45, 7) is 0.838. The third-order valence-electron chi connectivity index (χ3n) is 4.15. The van der Waals surface area contributed by atoms with E-state index in [2.05, 4.69) is 10.4 Å². The molecule has 2 heterocycles. The molecule has 0 radical (unpaired) electrons. The van der Waals surface area contributed by atoms with Crippen molar-refractivity contribution in [3.8, 4) is 5.75 Å². The highest BCUT2D eigenvalue weighted by molar-refractivity contribution is 6.30. The van der Waals surface area contributed by atoms with Crippen molar-refractivity contribution in [2.45, 2.75) is 13.2 Å². The predicted octanol–water partition coefficient (Wildman–Crippen LogP) is 5.01. The van der Waals surface area contributed by atoms with E-state index in [1.807, 2.05) is 36.5 Å². The van der Waals surface area contributed by atoms with Crippen molar-refractivity contribution in [2.75, 3.05) is 5.32 Å². The van der Waals surface area contributed by atoms with Crippen molar-refractivity contribution >= 4 is 23.3 Å². The van der Waals surface area contributed by atoms with Gasteiger partial charge in [-0.2, -0.15) is 5.10 Å². The SMILES string of the molecule is O=C(Nc1ccn(Cc2ccccc2)n1)c1ccc(COc2ccc(Cl)cc2)o1. The first-order chi connectivity index (χ1) is 14.2. The Morgan fingerprint density at radius 2 is 1.83 bits per heavy atom. The van der Waals surface area contributed by atoms with Gasteiger partial charge in [-0.25, -0.2) is 0 Å². The summed E-state index contributed by atoms with van der Waals surface area (Å²) < 4.78 is 12.9. The van der Waals surface area contributed by atoms with Crippen LogP contribution in [0.5, 0.6) is 5.75 Å². The molecule has 0 aliphatic carbocycles. The van der Waals surface area contributed by atoms with Gasteiger partial charge in [0.2, 0.25) is 0 Å². The number of carbonyl (C=O) groups is 1. The summed E-state index contributed by atoms with van der Waals surface area (Å²) in [6.07, 6.45) is 1.82. The Bertz CT molecular complexity index is 1090. The highest BCUT2D eigenvalue weighted by Gasteiger charge is 2.13. The molecule has 2 aromatic carbocycles. The van der Waals surface area contributed by atoms with Gasteiger partial charge in [0.1, 0.15) is 18.1 Å². The van der Waals surface area contributed by atoms with E-state index >= 15 is 0 Å². The van der Waals surface area contributed by atoms with Gasteiger partial charge in [-0.1, -0.05) is 41.9 Å². The molecule has 0 aliphatic rings. The third kappa shape index (κ3) is 5.06. The van der Waals surface area contributed by atoms with Crippen LogP contribution in [0.4, 0.5) is 5.82 Å². The molecule has 146 valence electrons. The van der Waals surface area contributed by atoms with Crippen LogP contribution in [0.15, 0.2) is 83.4 Å². The molecule has 1 amide bonds. The van der Waals surface area contributed by atoms with Crippen LogP contribution in [0, 0.1) is 0 Å². The van der Waals surface area contributed by atoms with Gasteiger partial charge in [0.25, 0.3) is 5.91 Å². The number of furan rings is 1. The predicted molar refractivity (Wildman–Crippen MR) is 110 cm³/mol. The van der Waals surface area contributed by atoms with Gasteiger partial charge in [-0.05, 0) is 42.0 Å². The lowest BCUT2D eigenvalue weighted by Crippen LogP contribution is -2.12. The second kappa shape index (κ2) is 8.67. The van der Waals surface area contributed by atoms with Crippen LogP contribution in [0.25, 0.3) is 0 Å². The first-order valence-electron chi connectivity index (χ1n) is 9.01. The number of nitrogens with zero attached hydrogens (tertiary/aromatic N) is 2. The van der Waals surface area contributed by atoms with Gasteiger partial charge in [-0.3, -0.25) is 9.48 Å². The fourth-order valence-corrected chi connectivity index (χ4v) is 2.85. The molecule has 2 aromatic heterocycles. The summed E-state index contributed by atoms with van der Waals surface area (Å²) in [5, 5.41) is 7.75. The Morgan fingerprint density at radius 3 is 2.62 bits per heavy atom. The van der Waals surface area contributed by atoms with E-state index in [1.54, 1.807) is 47.1 Å². The number of nitrogens with one attached hydrogen (secondary N) is 1. The van der Waals surface area contributed by atoms with Crippen molar-refractivity contribution in [1.29, 1.82) is 0 Å². The zero-order valence-corrected chi connectivity index (χ0v) is 16.2. The van der Waals surface area contributed by atoms with Crippen LogP contribution in [-0.4, -0.2) is 15.7 Å². The van der Waals surface area contributed by atoms with Gasteiger partial charge in [0.15, 0.2) is 11.6 Å². The summed E-state index contributed by atoms with van der Waals surface area (Å²) in [6, 6.07) is 22.1. The number of hydrogen-bond donors (Lipinski definition) is 1.